The van der Waals surface area contributed by atoms with Crippen LogP contribution in [0.15, 0.2) is 35.4 Å². The third-order valence-electron chi connectivity index (χ3n) is 6.00. The van der Waals surface area contributed by atoms with Crippen molar-refractivity contribution in [2.24, 2.45) is 11.5 Å². The summed E-state index contributed by atoms with van der Waals surface area (Å²) < 4.78 is 31.7. The molecule has 2 heterocycles. The summed E-state index contributed by atoms with van der Waals surface area (Å²) in [6.07, 6.45) is -3.27. The number of carbonyl (C=O) groups excluding carboxylic acids is 2. The van der Waals surface area contributed by atoms with Crippen LogP contribution in [0.3, 0.4) is 0 Å². The number of anilines is 1. The Morgan fingerprint density at radius 2 is 1.73 bits per heavy atom. The number of amides is 2. The molecule has 1 aliphatic heterocycles. The Morgan fingerprint density at radius 3 is 2.17 bits per heavy atom. The first kappa shape index (κ1) is 32.9. The van der Waals surface area contributed by atoms with Crippen molar-refractivity contribution >= 4 is 35.4 Å². The molecule has 11 nitrogen and oxygen atoms in total. The highest BCUT2D eigenvalue weighted by atomic mass is 32.2. The van der Waals surface area contributed by atoms with E-state index < -0.39 is 23.3 Å². The van der Waals surface area contributed by atoms with Crippen molar-refractivity contribution in [2.45, 2.75) is 48.7 Å². The van der Waals surface area contributed by atoms with Crippen molar-refractivity contribution in [3.63, 3.8) is 0 Å². The van der Waals surface area contributed by atoms with E-state index >= 15 is 0 Å². The number of nitrogens with one attached hydrogen (secondary N) is 1. The molecular formula is C26H28F3N7O4S. The van der Waals surface area contributed by atoms with Crippen molar-refractivity contribution in [2.75, 3.05) is 24.5 Å². The van der Waals surface area contributed by atoms with Gasteiger partial charge in [-0.25, -0.2) is 9.78 Å². The van der Waals surface area contributed by atoms with Crippen molar-refractivity contribution in [3.05, 3.63) is 52.6 Å². The molecule has 41 heavy (non-hydrogen) atoms. The number of rotatable bonds is 8. The maximum atomic E-state index is 12.3. The minimum absolute atomic E-state index is 0.00744. The van der Waals surface area contributed by atoms with Gasteiger partial charge in [0.05, 0.1) is 17.7 Å². The van der Waals surface area contributed by atoms with Gasteiger partial charge in [0.2, 0.25) is 11.8 Å². The van der Waals surface area contributed by atoms with Gasteiger partial charge in [0.25, 0.3) is 0 Å². The van der Waals surface area contributed by atoms with Crippen molar-refractivity contribution in [1.29, 1.82) is 10.5 Å². The summed E-state index contributed by atoms with van der Waals surface area (Å²) in [6.45, 7) is 2.98. The first-order valence-electron chi connectivity index (χ1n) is 12.3. The van der Waals surface area contributed by atoms with Gasteiger partial charge in [-0.15, -0.1) is 0 Å². The number of halogens is 3. The van der Waals surface area contributed by atoms with Crippen LogP contribution in [0.4, 0.5) is 19.0 Å². The molecule has 0 aliphatic carbocycles. The predicted molar refractivity (Wildman–Crippen MR) is 143 cm³/mol. The minimum Gasteiger partial charge on any atom is -0.475 e. The lowest BCUT2D eigenvalue weighted by atomic mass is 10.00. The summed E-state index contributed by atoms with van der Waals surface area (Å²) >= 11 is 1.12. The molecule has 0 bridgehead atoms. The Morgan fingerprint density at radius 1 is 1.17 bits per heavy atom. The zero-order chi connectivity index (χ0) is 30.7. The summed E-state index contributed by atoms with van der Waals surface area (Å²) in [5, 5.41) is 29.5. The van der Waals surface area contributed by atoms with Crippen LogP contribution in [0.25, 0.3) is 0 Å². The van der Waals surface area contributed by atoms with E-state index in [0.717, 1.165) is 11.8 Å². The van der Waals surface area contributed by atoms with Gasteiger partial charge in [0.1, 0.15) is 28.2 Å². The number of alkyl halides is 3. The summed E-state index contributed by atoms with van der Waals surface area (Å²) in [7, 11) is 0. The molecule has 2 amide bonds. The van der Waals surface area contributed by atoms with Crippen LogP contribution in [-0.4, -0.2) is 59.7 Å². The van der Waals surface area contributed by atoms with E-state index in [2.05, 4.69) is 17.5 Å². The van der Waals surface area contributed by atoms with Gasteiger partial charge in [0, 0.05) is 19.1 Å². The second-order valence-corrected chi connectivity index (χ2v) is 9.79. The van der Waals surface area contributed by atoms with Gasteiger partial charge >= 0.3 is 12.1 Å². The van der Waals surface area contributed by atoms with Crippen molar-refractivity contribution in [3.8, 4) is 12.1 Å². The number of carboxylic acid groups (broad SMARTS) is 1. The zero-order valence-electron chi connectivity index (χ0n) is 21.9. The molecule has 2 aromatic rings. The number of carbonyl (C=O) groups is 3. The first-order valence-corrected chi connectivity index (χ1v) is 13.2. The Balaban J connectivity index is 0.000000745. The van der Waals surface area contributed by atoms with Crippen LogP contribution in [0.1, 0.15) is 47.3 Å². The van der Waals surface area contributed by atoms with Crippen molar-refractivity contribution in [1.82, 2.24) is 10.3 Å². The number of primary amides is 1. The highest BCUT2D eigenvalue weighted by Gasteiger charge is 2.38. The average molecular weight is 592 g/mol. The van der Waals surface area contributed by atoms with Crippen LogP contribution in [0, 0.1) is 22.7 Å². The number of aliphatic carboxylic acids is 1. The lowest BCUT2D eigenvalue weighted by Gasteiger charge is -2.34. The van der Waals surface area contributed by atoms with Crippen LogP contribution < -0.4 is 21.7 Å². The number of aromatic nitrogens is 1. The number of nitriles is 2. The Labute approximate surface area is 238 Å². The predicted octanol–water partition coefficient (Wildman–Crippen LogP) is 2.38. The molecule has 1 saturated heterocycles. The van der Waals surface area contributed by atoms with E-state index in [0.29, 0.717) is 65.4 Å². The van der Waals surface area contributed by atoms with Crippen LogP contribution in [-0.2, 0) is 20.8 Å². The quantitative estimate of drug-likeness (QED) is 0.330. The lowest BCUT2D eigenvalue weighted by molar-refractivity contribution is -0.192. The molecule has 218 valence electrons. The molecule has 1 unspecified atom stereocenters. The molecule has 1 aromatic carbocycles. The number of benzene rings is 1. The van der Waals surface area contributed by atoms with Gasteiger partial charge in [-0.1, -0.05) is 49.0 Å². The molecule has 1 atom stereocenters. The molecule has 0 spiro atoms. The fourth-order valence-electron chi connectivity index (χ4n) is 4.05. The number of piperidine rings is 1. The number of hydrogen-bond donors (Lipinski definition) is 4. The second kappa shape index (κ2) is 14.9. The number of nitrogens with two attached hydrogens (primary N) is 2. The molecule has 1 fully saturated rings. The van der Waals surface area contributed by atoms with Crippen LogP contribution in [0.5, 0.6) is 0 Å². The van der Waals surface area contributed by atoms with Gasteiger partial charge < -0.3 is 26.8 Å². The van der Waals surface area contributed by atoms with E-state index in [1.165, 1.54) is 0 Å². The van der Waals surface area contributed by atoms with E-state index in [4.69, 9.17) is 26.4 Å². The molecule has 1 aromatic heterocycles. The third-order valence-corrected chi connectivity index (χ3v) is 7.26. The topological polar surface area (TPSA) is 199 Å². The maximum Gasteiger partial charge on any atom is 0.490 e. The number of thioether (sulfide) groups is 1. The highest BCUT2D eigenvalue weighted by Crippen LogP contribution is 2.39. The molecule has 1 aliphatic rings. The summed E-state index contributed by atoms with van der Waals surface area (Å²) in [6, 6.07) is 13.5. The number of carboxylic acids is 1. The zero-order valence-corrected chi connectivity index (χ0v) is 22.8. The third kappa shape index (κ3) is 8.83. The summed E-state index contributed by atoms with van der Waals surface area (Å²) in [5.74, 6) is -3.01. The van der Waals surface area contributed by atoms with E-state index in [-0.39, 0.29) is 18.5 Å². The van der Waals surface area contributed by atoms with Crippen LogP contribution >= 0.6 is 11.8 Å². The Hall–Kier alpha value is -4.34. The lowest BCUT2D eigenvalue weighted by Crippen LogP contribution is -2.46. The smallest absolute Gasteiger partial charge is 0.475 e. The SMILES string of the molecule is CCc1c(C#N)c(SC(C(N)=O)c2ccccc2)nc(N2CCC(NC(=O)CN)CC2)c1C#N.O=C(O)C(F)(F)F. The van der Waals surface area contributed by atoms with Crippen LogP contribution in [0.2, 0.25) is 0 Å². The number of pyridine rings is 1. The molecular weight excluding hydrogens is 563 g/mol. The normalized spacial score (nSPS) is 14.1. The van der Waals surface area contributed by atoms with Gasteiger partial charge in [-0.2, -0.15) is 23.7 Å². The van der Waals surface area contributed by atoms with E-state index in [9.17, 15) is 33.3 Å². The maximum absolute atomic E-state index is 12.3. The van der Waals surface area contributed by atoms with E-state index in [1.807, 2.05) is 30.0 Å². The minimum atomic E-state index is -5.08. The largest absolute Gasteiger partial charge is 0.490 e. The molecule has 3 rings (SSSR count). The number of hydrogen-bond acceptors (Lipinski definition) is 9. The molecule has 0 radical (unpaired) electrons. The van der Waals surface area contributed by atoms with Crippen molar-refractivity contribution < 1.29 is 32.7 Å². The fourth-order valence-corrected chi connectivity index (χ4v) is 5.11. The Kier molecular flexibility index (Phi) is 11.9. The average Bonchev–Trinajstić information content (AvgIpc) is 2.95. The molecule has 6 N–H and O–H groups in total. The van der Waals surface area contributed by atoms with E-state index in [1.54, 1.807) is 12.1 Å². The first-order chi connectivity index (χ1) is 19.4. The number of nitrogens with zero attached hydrogens (tertiary/aromatic N) is 4. The van der Waals surface area contributed by atoms with Gasteiger partial charge in [-0.05, 0) is 30.4 Å². The summed E-state index contributed by atoms with van der Waals surface area (Å²) in [5.41, 5.74) is 13.1. The standard InChI is InChI=1S/C24H27N7O2S.C2HF3O2/c1-2-17-18(12-25)23(31-10-8-16(9-11-31)29-20(32)14-27)30-24(19(17)13-26)34-21(22(28)33)15-6-4-3-5-7-15;3-2(4,5)1(6)7/h3-7,16,21H,2,8-11,14,27H2,1H3,(H2,28,33)(H,29,32);(H,6,7). The monoisotopic (exact) mass is 591 g/mol. The molecule has 0 saturated carbocycles. The highest BCUT2D eigenvalue weighted by molar-refractivity contribution is 8.00. The van der Waals surface area contributed by atoms with Gasteiger partial charge in [0.15, 0.2) is 0 Å². The second-order valence-electron chi connectivity index (χ2n) is 8.69. The summed E-state index contributed by atoms with van der Waals surface area (Å²) in [4.78, 5) is 39.5. The molecule has 15 heteroatoms. The Bertz CT molecular complexity index is 1340. The van der Waals surface area contributed by atoms with Gasteiger partial charge in [-0.3, -0.25) is 9.59 Å². The fraction of sp³-hybridized carbons (Fsp3) is 0.385.